The molecule has 0 aliphatic rings. The zero-order valence-electron chi connectivity index (χ0n) is 10.5. The molecular weight excluding hydrogens is 254 g/mol. The van der Waals surface area contributed by atoms with Crippen LogP contribution in [-0.4, -0.2) is 0 Å². The van der Waals surface area contributed by atoms with Crippen molar-refractivity contribution in [1.82, 2.24) is 0 Å². The van der Waals surface area contributed by atoms with E-state index in [9.17, 15) is 8.78 Å². The van der Waals surface area contributed by atoms with E-state index in [2.05, 4.69) is 19.9 Å². The van der Waals surface area contributed by atoms with Gasteiger partial charge in [-0.1, -0.05) is 46.0 Å². The molecule has 1 unspecified atom stereocenters. The van der Waals surface area contributed by atoms with E-state index in [0.717, 1.165) is 19.3 Å². The quantitative estimate of drug-likeness (QED) is 0.528. The summed E-state index contributed by atoms with van der Waals surface area (Å²) < 4.78 is 26.0. The number of hydrogen-bond acceptors (Lipinski definition) is 0. The summed E-state index contributed by atoms with van der Waals surface area (Å²) in [4.78, 5) is 0. The van der Waals surface area contributed by atoms with Gasteiger partial charge < -0.3 is 0 Å². The Labute approximate surface area is 118 Å². The van der Waals surface area contributed by atoms with E-state index in [0.29, 0.717) is 17.9 Å². The first-order chi connectivity index (χ1) is 7.67. The van der Waals surface area contributed by atoms with Crippen LogP contribution >= 0.6 is 0 Å². The molecule has 17 heavy (non-hydrogen) atoms. The number of halogens is 2. The van der Waals surface area contributed by atoms with Crippen molar-refractivity contribution in [3.05, 3.63) is 35.4 Å². The van der Waals surface area contributed by atoms with E-state index in [1.807, 2.05) is 0 Å². The van der Waals surface area contributed by atoms with Gasteiger partial charge >= 0.3 is 0 Å². The predicted molar refractivity (Wildman–Crippen MR) is 62.2 cm³/mol. The molecule has 0 aromatic heterocycles. The van der Waals surface area contributed by atoms with E-state index in [1.165, 1.54) is 18.6 Å². The first kappa shape index (κ1) is 16.8. The minimum absolute atomic E-state index is 0. The van der Waals surface area contributed by atoms with Crippen LogP contribution in [0.25, 0.3) is 0 Å². The van der Waals surface area contributed by atoms with Gasteiger partial charge in [0.05, 0.1) is 0 Å². The summed E-state index contributed by atoms with van der Waals surface area (Å²) >= 11 is 0. The Morgan fingerprint density at radius 2 is 1.94 bits per heavy atom. The molecule has 3 heteroatoms. The van der Waals surface area contributed by atoms with E-state index >= 15 is 0 Å². The van der Waals surface area contributed by atoms with Crippen LogP contribution in [-0.2, 0) is 28.1 Å². The van der Waals surface area contributed by atoms with Crippen LogP contribution in [0.1, 0.15) is 45.1 Å². The summed E-state index contributed by atoms with van der Waals surface area (Å²) in [5.74, 6) is -0.661. The molecule has 0 nitrogen and oxygen atoms in total. The molecule has 0 saturated carbocycles. The zero-order chi connectivity index (χ0) is 12.0. The minimum Gasteiger partial charge on any atom is -0.236 e. The Bertz CT molecular complexity index is 326. The average Bonchev–Trinajstić information content (AvgIpc) is 2.27. The van der Waals surface area contributed by atoms with Crippen molar-refractivity contribution in [2.75, 3.05) is 0 Å². The molecule has 0 spiro atoms. The largest absolute Gasteiger partial charge is 0.236 e. The van der Waals surface area contributed by atoms with Crippen LogP contribution in [0.3, 0.4) is 0 Å². The SMILES string of the molecule is CCCCC(CC)Cc1ccc(F)[c-]c1F.[Ti]. The molecule has 0 fully saturated rings. The molecular formula is C14H19F2Ti-. The summed E-state index contributed by atoms with van der Waals surface area (Å²) in [6.45, 7) is 4.27. The third-order valence-electron chi connectivity index (χ3n) is 2.99. The second-order valence-electron chi connectivity index (χ2n) is 4.27. The summed E-state index contributed by atoms with van der Waals surface area (Å²) in [7, 11) is 0. The van der Waals surface area contributed by atoms with Gasteiger partial charge in [0, 0.05) is 33.4 Å². The van der Waals surface area contributed by atoms with Gasteiger partial charge in [-0.25, -0.2) is 8.78 Å². The molecule has 1 atom stereocenters. The number of rotatable bonds is 6. The Hall–Kier alpha value is -0.206. The summed E-state index contributed by atoms with van der Waals surface area (Å²) in [5, 5.41) is 0. The second kappa shape index (κ2) is 8.82. The second-order valence-corrected chi connectivity index (χ2v) is 4.27. The molecule has 0 saturated heterocycles. The normalized spacial score (nSPS) is 12.0. The third-order valence-corrected chi connectivity index (χ3v) is 2.99. The Morgan fingerprint density at radius 1 is 1.24 bits per heavy atom. The standard InChI is InChI=1S/C14H19F2.Ti/c1-3-5-6-11(4-2)9-12-7-8-13(15)10-14(12)16;/h7-8,11H,3-6,9H2,1-2H3;/q-1;. The molecule has 0 aliphatic heterocycles. The topological polar surface area (TPSA) is 0 Å². The minimum atomic E-state index is -0.622. The van der Waals surface area contributed by atoms with Gasteiger partial charge in [-0.3, -0.25) is 0 Å². The van der Waals surface area contributed by atoms with Crippen molar-refractivity contribution in [3.8, 4) is 0 Å². The molecule has 0 aliphatic carbocycles. The maximum Gasteiger partial charge on any atom is 0.0168 e. The third kappa shape index (κ3) is 5.78. The Balaban J connectivity index is 0.00000256. The van der Waals surface area contributed by atoms with Crippen molar-refractivity contribution < 1.29 is 30.5 Å². The van der Waals surface area contributed by atoms with Crippen molar-refractivity contribution >= 4 is 0 Å². The first-order valence-corrected chi connectivity index (χ1v) is 6.03. The Kier molecular flexibility index (Phi) is 8.72. The van der Waals surface area contributed by atoms with Gasteiger partial charge in [0.2, 0.25) is 0 Å². The summed E-state index contributed by atoms with van der Waals surface area (Å²) in [6.07, 6.45) is 5.18. The number of unbranched alkanes of at least 4 members (excludes halogenated alkanes) is 1. The monoisotopic (exact) mass is 273 g/mol. The van der Waals surface area contributed by atoms with Gasteiger partial charge in [0.25, 0.3) is 0 Å². The van der Waals surface area contributed by atoms with Crippen molar-refractivity contribution in [1.29, 1.82) is 0 Å². The summed E-state index contributed by atoms with van der Waals surface area (Å²) in [5.41, 5.74) is 0.587. The van der Waals surface area contributed by atoms with Crippen LogP contribution < -0.4 is 0 Å². The zero-order valence-corrected chi connectivity index (χ0v) is 12.1. The van der Waals surface area contributed by atoms with Gasteiger partial charge in [0.1, 0.15) is 0 Å². The smallest absolute Gasteiger partial charge is 0.0168 e. The maximum atomic E-state index is 13.4. The van der Waals surface area contributed by atoms with Crippen LogP contribution in [0.2, 0.25) is 0 Å². The first-order valence-electron chi connectivity index (χ1n) is 6.03. The molecule has 1 aromatic carbocycles. The molecule has 1 aromatic rings. The van der Waals surface area contributed by atoms with E-state index in [1.54, 1.807) is 0 Å². The van der Waals surface area contributed by atoms with Crippen LogP contribution in [0, 0.1) is 23.6 Å². The fourth-order valence-corrected chi connectivity index (χ4v) is 1.89. The van der Waals surface area contributed by atoms with Gasteiger partial charge in [-0.2, -0.15) is 6.07 Å². The van der Waals surface area contributed by atoms with Crippen molar-refractivity contribution in [3.63, 3.8) is 0 Å². The van der Waals surface area contributed by atoms with E-state index in [4.69, 9.17) is 0 Å². The van der Waals surface area contributed by atoms with Crippen LogP contribution in [0.5, 0.6) is 0 Å². The molecule has 94 valence electrons. The average molecular weight is 273 g/mol. The number of hydrogen-bond donors (Lipinski definition) is 0. The summed E-state index contributed by atoms with van der Waals surface area (Å²) in [6, 6.07) is 4.91. The van der Waals surface area contributed by atoms with E-state index in [-0.39, 0.29) is 21.7 Å². The van der Waals surface area contributed by atoms with Crippen molar-refractivity contribution in [2.24, 2.45) is 5.92 Å². The van der Waals surface area contributed by atoms with E-state index < -0.39 is 11.6 Å². The maximum absolute atomic E-state index is 13.4. The fourth-order valence-electron chi connectivity index (χ4n) is 1.89. The van der Waals surface area contributed by atoms with Gasteiger partial charge in [0.15, 0.2) is 0 Å². The van der Waals surface area contributed by atoms with Crippen molar-refractivity contribution in [2.45, 2.75) is 46.0 Å². The van der Waals surface area contributed by atoms with Crippen LogP contribution in [0.4, 0.5) is 8.78 Å². The molecule has 0 N–H and O–H groups in total. The molecule has 0 amide bonds. The van der Waals surface area contributed by atoms with Crippen LogP contribution in [0.15, 0.2) is 12.1 Å². The molecule has 1 rings (SSSR count). The predicted octanol–water partition coefficient (Wildman–Crippen LogP) is 4.52. The van der Waals surface area contributed by atoms with Gasteiger partial charge in [-0.15, -0.1) is 17.7 Å². The molecule has 0 radical (unpaired) electrons. The molecule has 0 bridgehead atoms. The molecule has 0 heterocycles. The number of benzene rings is 1. The van der Waals surface area contributed by atoms with Gasteiger partial charge in [-0.05, 0) is 5.92 Å². The fraction of sp³-hybridized carbons (Fsp3) is 0.571. The Morgan fingerprint density at radius 3 is 2.47 bits per heavy atom.